The predicted molar refractivity (Wildman–Crippen MR) is 117 cm³/mol. The van der Waals surface area contributed by atoms with Crippen LogP contribution in [0.25, 0.3) is 0 Å². The van der Waals surface area contributed by atoms with Crippen molar-refractivity contribution in [1.29, 1.82) is 0 Å². The van der Waals surface area contributed by atoms with E-state index in [0.717, 1.165) is 9.21 Å². The Hall–Kier alpha value is -2.46. The Morgan fingerprint density at radius 3 is 2.34 bits per heavy atom. The van der Waals surface area contributed by atoms with E-state index in [9.17, 15) is 22.8 Å². The van der Waals surface area contributed by atoms with Crippen molar-refractivity contribution in [3.8, 4) is 5.75 Å². The maximum absolute atomic E-state index is 13.5. The minimum absolute atomic E-state index is 0.0188. The van der Waals surface area contributed by atoms with Crippen molar-refractivity contribution < 1.29 is 27.5 Å². The van der Waals surface area contributed by atoms with Crippen molar-refractivity contribution >= 4 is 56.7 Å². The van der Waals surface area contributed by atoms with Gasteiger partial charge in [-0.25, -0.2) is 13.3 Å². The van der Waals surface area contributed by atoms with Gasteiger partial charge in [-0.1, -0.05) is 23.2 Å². The van der Waals surface area contributed by atoms with Crippen LogP contribution >= 0.6 is 23.2 Å². The van der Waals surface area contributed by atoms with Crippen LogP contribution in [0.15, 0.2) is 47.4 Å². The van der Waals surface area contributed by atoms with Gasteiger partial charge in [0.2, 0.25) is 15.9 Å². The summed E-state index contributed by atoms with van der Waals surface area (Å²) in [6.07, 6.45) is 0.859. The highest BCUT2D eigenvalue weighted by molar-refractivity contribution is 7.89. The molecular formula is C21H18Cl2N2O6S. The molecule has 2 fully saturated rings. The van der Waals surface area contributed by atoms with E-state index in [1.54, 1.807) is 0 Å². The molecule has 1 atom stereocenters. The molecule has 4 rings (SSSR count). The van der Waals surface area contributed by atoms with Crippen LogP contribution < -0.4 is 9.64 Å². The molecule has 0 aromatic heterocycles. The van der Waals surface area contributed by atoms with Crippen molar-refractivity contribution in [1.82, 2.24) is 4.31 Å². The second-order valence-electron chi connectivity index (χ2n) is 7.52. The van der Waals surface area contributed by atoms with Crippen LogP contribution in [0.2, 0.25) is 10.0 Å². The first-order chi connectivity index (χ1) is 15.1. The third kappa shape index (κ3) is 4.25. The highest BCUT2D eigenvalue weighted by Gasteiger charge is 2.52. The van der Waals surface area contributed by atoms with Crippen LogP contribution in [0.3, 0.4) is 0 Å². The number of ether oxygens (including phenoxy) is 1. The number of esters is 1. The van der Waals surface area contributed by atoms with Gasteiger partial charge in [-0.05, 0) is 55.3 Å². The molecule has 2 aromatic rings. The molecule has 1 heterocycles. The maximum Gasteiger partial charge on any atom is 0.308 e. The largest absolute Gasteiger partial charge is 0.427 e. The van der Waals surface area contributed by atoms with Gasteiger partial charge in [-0.15, -0.1) is 0 Å². The number of amides is 2. The number of hydrogen-bond acceptors (Lipinski definition) is 6. The van der Waals surface area contributed by atoms with Crippen LogP contribution in [0.1, 0.15) is 26.2 Å². The lowest BCUT2D eigenvalue weighted by molar-refractivity contribution is -0.132. The summed E-state index contributed by atoms with van der Waals surface area (Å²) in [5.41, 5.74) is 0.257. The van der Waals surface area contributed by atoms with E-state index in [1.165, 1.54) is 49.4 Å². The quantitative estimate of drug-likeness (QED) is 0.345. The molecular weight excluding hydrogens is 479 g/mol. The summed E-state index contributed by atoms with van der Waals surface area (Å²) in [5.74, 6) is -1.42. The molecule has 2 aromatic carbocycles. The highest BCUT2D eigenvalue weighted by Crippen LogP contribution is 2.40. The van der Waals surface area contributed by atoms with Gasteiger partial charge < -0.3 is 4.74 Å². The Bertz CT molecular complexity index is 1210. The normalized spacial score (nSPS) is 19.0. The van der Waals surface area contributed by atoms with Gasteiger partial charge in [0.25, 0.3) is 5.91 Å². The molecule has 11 heteroatoms. The van der Waals surface area contributed by atoms with Crippen LogP contribution in [0, 0.1) is 0 Å². The van der Waals surface area contributed by atoms with Crippen molar-refractivity contribution in [3.05, 3.63) is 52.5 Å². The molecule has 2 amide bonds. The van der Waals surface area contributed by atoms with Gasteiger partial charge in [0.15, 0.2) is 0 Å². The molecule has 0 spiro atoms. The number of anilines is 1. The Morgan fingerprint density at radius 2 is 1.75 bits per heavy atom. The fourth-order valence-corrected chi connectivity index (χ4v) is 6.22. The third-order valence-electron chi connectivity index (χ3n) is 5.14. The average Bonchev–Trinajstić information content (AvgIpc) is 3.50. The van der Waals surface area contributed by atoms with E-state index in [1.807, 2.05) is 0 Å². The molecule has 1 aliphatic heterocycles. The number of carbonyl (C=O) groups is 3. The summed E-state index contributed by atoms with van der Waals surface area (Å²) < 4.78 is 33.0. The molecule has 1 unspecified atom stereocenters. The molecule has 1 aliphatic carbocycles. The van der Waals surface area contributed by atoms with Crippen molar-refractivity contribution in [2.45, 2.75) is 43.2 Å². The lowest BCUT2D eigenvalue weighted by atomic mass is 10.2. The fourth-order valence-electron chi connectivity index (χ4n) is 3.65. The number of rotatable bonds is 6. The monoisotopic (exact) mass is 496 g/mol. The molecule has 32 heavy (non-hydrogen) atoms. The molecule has 2 aliphatic rings. The second kappa shape index (κ2) is 8.47. The number of nitrogens with zero attached hydrogens (tertiary/aromatic N) is 2. The minimum atomic E-state index is -4.20. The van der Waals surface area contributed by atoms with E-state index in [-0.39, 0.29) is 32.8 Å². The highest BCUT2D eigenvalue weighted by atomic mass is 35.5. The number of carbonyl (C=O) groups excluding carboxylic acids is 3. The first kappa shape index (κ1) is 22.7. The van der Waals surface area contributed by atoms with Crippen LogP contribution in [-0.4, -0.2) is 42.6 Å². The lowest BCUT2D eigenvalue weighted by Crippen LogP contribution is -2.46. The summed E-state index contributed by atoms with van der Waals surface area (Å²) in [7, 11) is -4.20. The molecule has 1 saturated carbocycles. The smallest absolute Gasteiger partial charge is 0.308 e. The molecule has 0 bridgehead atoms. The first-order valence-electron chi connectivity index (χ1n) is 9.73. The maximum atomic E-state index is 13.5. The zero-order valence-corrected chi connectivity index (χ0v) is 19.2. The summed E-state index contributed by atoms with van der Waals surface area (Å²) >= 11 is 12.1. The third-order valence-corrected chi connectivity index (χ3v) is 7.82. The van der Waals surface area contributed by atoms with Crippen LogP contribution in [-0.2, 0) is 24.4 Å². The summed E-state index contributed by atoms with van der Waals surface area (Å²) in [5, 5.41) is 0.168. The summed E-state index contributed by atoms with van der Waals surface area (Å²) in [6.45, 7) is 1.26. The zero-order valence-electron chi connectivity index (χ0n) is 16.8. The first-order valence-corrected chi connectivity index (χ1v) is 11.9. The van der Waals surface area contributed by atoms with Gasteiger partial charge in [0, 0.05) is 18.0 Å². The molecule has 8 nitrogen and oxygen atoms in total. The van der Waals surface area contributed by atoms with E-state index >= 15 is 0 Å². The van der Waals surface area contributed by atoms with Gasteiger partial charge in [0.05, 0.1) is 17.1 Å². The standard InChI is InChI=1S/C21H18Cl2N2O6S/c1-12(26)31-16-7-5-14(6-8-16)24-20(27)11-18(21(24)28)25(15-3-4-15)32(29,30)19-10-13(22)2-9-17(19)23/h2,5-10,15,18H,3-4,11H2,1H3. The Labute approximate surface area is 194 Å². The number of imide groups is 1. The lowest BCUT2D eigenvalue weighted by Gasteiger charge is -2.27. The molecule has 0 N–H and O–H groups in total. The average molecular weight is 497 g/mol. The number of halogens is 2. The van der Waals surface area contributed by atoms with E-state index in [4.69, 9.17) is 27.9 Å². The van der Waals surface area contributed by atoms with Crippen molar-refractivity contribution in [3.63, 3.8) is 0 Å². The van der Waals surface area contributed by atoms with Crippen LogP contribution in [0.5, 0.6) is 5.75 Å². The molecule has 1 saturated heterocycles. The number of hydrogen-bond donors (Lipinski definition) is 0. The minimum Gasteiger partial charge on any atom is -0.427 e. The summed E-state index contributed by atoms with van der Waals surface area (Å²) in [4.78, 5) is 37.8. The Morgan fingerprint density at radius 1 is 1.09 bits per heavy atom. The van der Waals surface area contributed by atoms with Gasteiger partial charge in [-0.2, -0.15) is 4.31 Å². The fraction of sp³-hybridized carbons (Fsp3) is 0.286. The predicted octanol–water partition coefficient (Wildman–Crippen LogP) is 3.40. The van der Waals surface area contributed by atoms with Crippen molar-refractivity contribution in [2.24, 2.45) is 0 Å². The van der Waals surface area contributed by atoms with Gasteiger partial charge >= 0.3 is 5.97 Å². The topological polar surface area (TPSA) is 101 Å². The summed E-state index contributed by atoms with van der Waals surface area (Å²) in [6, 6.07) is 8.31. The Balaban J connectivity index is 1.66. The van der Waals surface area contributed by atoms with E-state index < -0.39 is 39.9 Å². The number of sulfonamides is 1. The SMILES string of the molecule is CC(=O)Oc1ccc(N2C(=O)CC(N(C3CC3)S(=O)(=O)c3cc(Cl)ccc3Cl)C2=O)cc1. The van der Waals surface area contributed by atoms with Crippen LogP contribution in [0.4, 0.5) is 5.69 Å². The van der Waals surface area contributed by atoms with E-state index in [2.05, 4.69) is 0 Å². The van der Waals surface area contributed by atoms with Crippen molar-refractivity contribution in [2.75, 3.05) is 4.90 Å². The van der Waals surface area contributed by atoms with E-state index in [0.29, 0.717) is 12.8 Å². The molecule has 0 radical (unpaired) electrons. The zero-order chi connectivity index (χ0) is 23.2. The van der Waals surface area contributed by atoms with Gasteiger partial charge in [0.1, 0.15) is 16.7 Å². The molecule has 168 valence electrons. The Kier molecular flexibility index (Phi) is 6.02. The van der Waals surface area contributed by atoms with Gasteiger partial charge in [-0.3, -0.25) is 14.4 Å². The second-order valence-corrected chi connectivity index (χ2v) is 10.2. The number of benzene rings is 2.